The number of rotatable bonds is 3. The molecule has 2 aromatic heterocycles. The first-order chi connectivity index (χ1) is 11.4. The molecule has 0 spiro atoms. The Labute approximate surface area is 140 Å². The highest BCUT2D eigenvalue weighted by Crippen LogP contribution is 2.34. The Morgan fingerprint density at radius 1 is 1.42 bits per heavy atom. The van der Waals surface area contributed by atoms with Crippen LogP contribution >= 0.6 is 0 Å². The lowest BCUT2D eigenvalue weighted by Crippen LogP contribution is -2.48. The van der Waals surface area contributed by atoms with E-state index >= 15 is 0 Å². The number of aromatic amines is 1. The normalized spacial score (nSPS) is 20.9. The zero-order valence-electron chi connectivity index (χ0n) is 14.2. The summed E-state index contributed by atoms with van der Waals surface area (Å²) in [5.41, 5.74) is 1.41. The van der Waals surface area contributed by atoms with Crippen molar-refractivity contribution in [2.24, 2.45) is 7.05 Å². The van der Waals surface area contributed by atoms with Crippen LogP contribution in [0.15, 0.2) is 18.5 Å². The van der Waals surface area contributed by atoms with Crippen LogP contribution in [0, 0.1) is 0 Å². The average molecular weight is 330 g/mol. The second kappa shape index (κ2) is 6.10. The van der Waals surface area contributed by atoms with Crippen LogP contribution in [-0.2, 0) is 12.5 Å². The number of piperidine rings is 1. The second-order valence-corrected chi connectivity index (χ2v) is 6.50. The van der Waals surface area contributed by atoms with Crippen LogP contribution in [-0.4, -0.2) is 56.8 Å². The maximum atomic E-state index is 12.7. The number of hydrogen-bond acceptors (Lipinski definition) is 4. The number of carbonyl (C=O) groups excluding carboxylic acids is 2. The first kappa shape index (κ1) is 16.2. The zero-order chi connectivity index (χ0) is 17.3. The van der Waals surface area contributed by atoms with E-state index in [0.717, 1.165) is 18.5 Å². The lowest BCUT2D eigenvalue weighted by atomic mass is 9.77. The summed E-state index contributed by atoms with van der Waals surface area (Å²) >= 11 is 0. The first-order valence-corrected chi connectivity index (χ1v) is 7.99. The van der Waals surface area contributed by atoms with E-state index in [4.69, 9.17) is 0 Å². The van der Waals surface area contributed by atoms with Gasteiger partial charge in [0.25, 0.3) is 11.8 Å². The summed E-state index contributed by atoms with van der Waals surface area (Å²) < 4.78 is 1.62. The minimum absolute atomic E-state index is 0.0810. The molecule has 1 atom stereocenters. The Kier molecular flexibility index (Phi) is 4.13. The van der Waals surface area contributed by atoms with Gasteiger partial charge in [0.1, 0.15) is 5.69 Å². The number of aryl methyl sites for hydroxylation is 1. The molecule has 3 heterocycles. The molecule has 2 N–H and O–H groups in total. The van der Waals surface area contributed by atoms with Crippen molar-refractivity contribution in [2.45, 2.75) is 25.2 Å². The van der Waals surface area contributed by atoms with Gasteiger partial charge in [-0.3, -0.25) is 19.4 Å². The SMILES string of the molecule is CNC(=O)c1cn[nH]c1[C@]1(C)CCCN(C(=O)c2ccn(C)n2)C1. The van der Waals surface area contributed by atoms with Gasteiger partial charge < -0.3 is 10.2 Å². The Bertz CT molecular complexity index is 764. The molecule has 3 rings (SSSR count). The summed E-state index contributed by atoms with van der Waals surface area (Å²) in [5.74, 6) is -0.254. The highest BCUT2D eigenvalue weighted by Gasteiger charge is 2.39. The van der Waals surface area contributed by atoms with Gasteiger partial charge in [0.05, 0.1) is 17.5 Å². The van der Waals surface area contributed by atoms with Crippen LogP contribution in [0.3, 0.4) is 0 Å². The van der Waals surface area contributed by atoms with Gasteiger partial charge in [-0.2, -0.15) is 10.2 Å². The summed E-state index contributed by atoms with van der Waals surface area (Å²) in [5, 5.41) is 13.8. The maximum Gasteiger partial charge on any atom is 0.274 e. The summed E-state index contributed by atoms with van der Waals surface area (Å²) in [6.45, 7) is 3.27. The van der Waals surface area contributed by atoms with Crippen molar-refractivity contribution in [3.05, 3.63) is 35.4 Å². The fourth-order valence-electron chi connectivity index (χ4n) is 3.36. The van der Waals surface area contributed by atoms with Crippen LogP contribution in [0.4, 0.5) is 0 Å². The smallest absolute Gasteiger partial charge is 0.274 e. The molecule has 8 nitrogen and oxygen atoms in total. The lowest BCUT2D eigenvalue weighted by Gasteiger charge is -2.40. The van der Waals surface area contributed by atoms with E-state index in [1.54, 1.807) is 42.1 Å². The van der Waals surface area contributed by atoms with Crippen LogP contribution in [0.25, 0.3) is 0 Å². The van der Waals surface area contributed by atoms with Crippen LogP contribution in [0.2, 0.25) is 0 Å². The van der Waals surface area contributed by atoms with E-state index in [9.17, 15) is 9.59 Å². The molecular formula is C16H22N6O2. The molecule has 0 unspecified atom stereocenters. The number of nitrogens with one attached hydrogen (secondary N) is 2. The second-order valence-electron chi connectivity index (χ2n) is 6.50. The van der Waals surface area contributed by atoms with Crippen LogP contribution < -0.4 is 5.32 Å². The number of likely N-dealkylation sites (tertiary alicyclic amines) is 1. The van der Waals surface area contributed by atoms with Crippen molar-refractivity contribution in [2.75, 3.05) is 20.1 Å². The van der Waals surface area contributed by atoms with Gasteiger partial charge in [-0.15, -0.1) is 0 Å². The largest absolute Gasteiger partial charge is 0.355 e. The third-order valence-corrected chi connectivity index (χ3v) is 4.63. The Hall–Kier alpha value is -2.64. The molecule has 128 valence electrons. The molecule has 0 aliphatic carbocycles. The van der Waals surface area contributed by atoms with Crippen LogP contribution in [0.1, 0.15) is 46.3 Å². The fourth-order valence-corrected chi connectivity index (χ4v) is 3.36. The predicted molar refractivity (Wildman–Crippen MR) is 87.7 cm³/mol. The van der Waals surface area contributed by atoms with Gasteiger partial charge in [-0.25, -0.2) is 0 Å². The van der Waals surface area contributed by atoms with Crippen molar-refractivity contribution in [1.29, 1.82) is 0 Å². The zero-order valence-corrected chi connectivity index (χ0v) is 14.2. The van der Waals surface area contributed by atoms with Crippen LogP contribution in [0.5, 0.6) is 0 Å². The number of carbonyl (C=O) groups is 2. The fraction of sp³-hybridized carbons (Fsp3) is 0.500. The molecule has 2 aromatic rings. The van der Waals surface area contributed by atoms with E-state index < -0.39 is 0 Å². The minimum atomic E-state index is -0.346. The van der Waals surface area contributed by atoms with E-state index in [-0.39, 0.29) is 17.2 Å². The van der Waals surface area contributed by atoms with Gasteiger partial charge in [0.15, 0.2) is 0 Å². The number of H-pyrrole nitrogens is 1. The third kappa shape index (κ3) is 2.79. The van der Waals surface area contributed by atoms with Crippen molar-refractivity contribution in [3.63, 3.8) is 0 Å². The van der Waals surface area contributed by atoms with Gasteiger partial charge in [-0.05, 0) is 18.9 Å². The monoisotopic (exact) mass is 330 g/mol. The van der Waals surface area contributed by atoms with E-state index in [1.165, 1.54) is 0 Å². The molecule has 0 radical (unpaired) electrons. The average Bonchev–Trinajstić information content (AvgIpc) is 3.22. The molecule has 0 aromatic carbocycles. The molecular weight excluding hydrogens is 308 g/mol. The van der Waals surface area contributed by atoms with E-state index in [1.807, 2.05) is 0 Å². The quantitative estimate of drug-likeness (QED) is 0.866. The first-order valence-electron chi connectivity index (χ1n) is 7.99. The standard InChI is InChI=1S/C16H22N6O2/c1-16(13-11(9-18-19-13)14(23)17-2)6-4-7-22(10-16)15(24)12-5-8-21(3)20-12/h5,8-9H,4,6-7,10H2,1-3H3,(H,17,23)(H,18,19)/t16-/m1/s1. The minimum Gasteiger partial charge on any atom is -0.355 e. The summed E-state index contributed by atoms with van der Waals surface area (Å²) in [4.78, 5) is 26.6. The summed E-state index contributed by atoms with van der Waals surface area (Å²) in [7, 11) is 3.39. The highest BCUT2D eigenvalue weighted by molar-refractivity contribution is 5.95. The number of amides is 2. The molecule has 0 saturated carbocycles. The summed E-state index contributed by atoms with van der Waals surface area (Å²) in [6.07, 6.45) is 5.04. The molecule has 1 fully saturated rings. The van der Waals surface area contributed by atoms with Crippen molar-refractivity contribution < 1.29 is 9.59 Å². The molecule has 1 aliphatic heterocycles. The molecule has 1 aliphatic rings. The summed E-state index contributed by atoms with van der Waals surface area (Å²) in [6, 6.07) is 1.72. The van der Waals surface area contributed by atoms with Crippen molar-refractivity contribution in [1.82, 2.24) is 30.2 Å². The Morgan fingerprint density at radius 3 is 2.88 bits per heavy atom. The van der Waals surface area contributed by atoms with Crippen molar-refractivity contribution in [3.8, 4) is 0 Å². The molecule has 2 amide bonds. The number of nitrogens with zero attached hydrogens (tertiary/aromatic N) is 4. The molecule has 8 heteroatoms. The number of hydrogen-bond donors (Lipinski definition) is 2. The topological polar surface area (TPSA) is 95.9 Å². The van der Waals surface area contributed by atoms with E-state index in [0.29, 0.717) is 24.3 Å². The third-order valence-electron chi connectivity index (χ3n) is 4.63. The molecule has 0 bridgehead atoms. The molecule has 24 heavy (non-hydrogen) atoms. The highest BCUT2D eigenvalue weighted by atomic mass is 16.2. The number of aromatic nitrogens is 4. The Morgan fingerprint density at radius 2 is 2.21 bits per heavy atom. The van der Waals surface area contributed by atoms with Gasteiger partial charge >= 0.3 is 0 Å². The van der Waals surface area contributed by atoms with E-state index in [2.05, 4.69) is 27.5 Å². The molecule has 1 saturated heterocycles. The van der Waals surface area contributed by atoms with Gasteiger partial charge in [0, 0.05) is 38.8 Å². The Balaban J connectivity index is 1.86. The van der Waals surface area contributed by atoms with Crippen molar-refractivity contribution >= 4 is 11.8 Å². The maximum absolute atomic E-state index is 12.7. The predicted octanol–water partition coefficient (Wildman–Crippen LogP) is 0.697. The lowest BCUT2D eigenvalue weighted by molar-refractivity contribution is 0.0640. The van der Waals surface area contributed by atoms with Gasteiger partial charge in [-0.1, -0.05) is 6.92 Å². The van der Waals surface area contributed by atoms with Gasteiger partial charge in [0.2, 0.25) is 0 Å².